The summed E-state index contributed by atoms with van der Waals surface area (Å²) in [5.41, 5.74) is 1.69. The van der Waals surface area contributed by atoms with Gasteiger partial charge in [0, 0.05) is 44.1 Å². The first-order chi connectivity index (χ1) is 18.6. The smallest absolute Gasteiger partial charge is 0.262 e. The third-order valence-electron chi connectivity index (χ3n) is 7.65. The Kier molecular flexibility index (Phi) is 8.61. The second-order valence-corrected chi connectivity index (χ2v) is 10.9. The van der Waals surface area contributed by atoms with Crippen LogP contribution < -0.4 is 9.47 Å². The molecule has 2 amide bonds. The van der Waals surface area contributed by atoms with E-state index in [9.17, 15) is 9.59 Å². The van der Waals surface area contributed by atoms with Gasteiger partial charge in [-0.25, -0.2) is 5.01 Å². The Morgan fingerprint density at radius 2 is 1.97 bits per heavy atom. The van der Waals surface area contributed by atoms with Crippen LogP contribution in [-0.4, -0.2) is 92.5 Å². The molecule has 1 aliphatic carbocycles. The molecule has 1 saturated carbocycles. The third kappa shape index (κ3) is 5.87. The van der Waals surface area contributed by atoms with Crippen molar-refractivity contribution >= 4 is 28.9 Å². The molecule has 9 nitrogen and oxygen atoms in total. The lowest BCUT2D eigenvalue weighted by molar-refractivity contribution is -0.145. The first-order valence-corrected chi connectivity index (χ1v) is 14.2. The van der Waals surface area contributed by atoms with E-state index in [1.165, 1.54) is 0 Å². The van der Waals surface area contributed by atoms with Crippen LogP contribution >= 0.6 is 11.3 Å². The van der Waals surface area contributed by atoms with Gasteiger partial charge < -0.3 is 19.1 Å². The van der Waals surface area contributed by atoms with Gasteiger partial charge in [0.15, 0.2) is 0 Å². The quantitative estimate of drug-likeness (QED) is 0.459. The minimum absolute atomic E-state index is 0.00365. The molecule has 38 heavy (non-hydrogen) atoms. The molecule has 204 valence electrons. The van der Waals surface area contributed by atoms with Crippen LogP contribution in [0.3, 0.4) is 0 Å². The number of hydrogen-bond acceptors (Lipinski definition) is 8. The number of thiophene rings is 1. The third-order valence-corrected chi connectivity index (χ3v) is 8.57. The summed E-state index contributed by atoms with van der Waals surface area (Å²) in [4.78, 5) is 32.4. The highest BCUT2D eigenvalue weighted by atomic mass is 32.1. The Morgan fingerprint density at radius 1 is 1.16 bits per heavy atom. The summed E-state index contributed by atoms with van der Waals surface area (Å²) < 4.78 is 16.6. The van der Waals surface area contributed by atoms with Crippen molar-refractivity contribution in [3.05, 3.63) is 46.2 Å². The number of carbonyl (C=O) groups excluding carboxylic acids is 2. The van der Waals surface area contributed by atoms with Crippen molar-refractivity contribution in [1.29, 1.82) is 0 Å². The van der Waals surface area contributed by atoms with Crippen LogP contribution in [0, 0.1) is 5.92 Å². The van der Waals surface area contributed by atoms with E-state index in [-0.39, 0.29) is 30.3 Å². The second-order valence-electron chi connectivity index (χ2n) is 9.93. The standard InChI is InChI=1S/C28H36N4O5S/c1-35-21-8-9-25(36-2)22(17-21)24-18-23(26-7-4-16-38-26)29-32(24)27(33)19-31(28(34)20-5-3-6-20)11-10-30-12-14-37-15-13-30/h4,7-9,16-17,20,24H,3,5-6,10-15,18-19H2,1-2H3/t24-/m1/s1. The molecular weight excluding hydrogens is 504 g/mol. The number of hydrogen-bond donors (Lipinski definition) is 0. The molecule has 2 aliphatic heterocycles. The van der Waals surface area contributed by atoms with Gasteiger partial charge in [-0.2, -0.15) is 5.10 Å². The number of hydrazone groups is 1. The van der Waals surface area contributed by atoms with Crippen molar-refractivity contribution in [3.8, 4) is 11.5 Å². The number of morpholine rings is 1. The highest BCUT2D eigenvalue weighted by molar-refractivity contribution is 7.12. The van der Waals surface area contributed by atoms with Crippen molar-refractivity contribution in [3.63, 3.8) is 0 Å². The fourth-order valence-corrected chi connectivity index (χ4v) is 5.90. The molecule has 3 aliphatic rings. The van der Waals surface area contributed by atoms with E-state index in [2.05, 4.69) is 4.90 Å². The SMILES string of the molecule is COc1ccc(OC)c([C@H]2CC(c3cccs3)=NN2C(=O)CN(CCN2CCOCC2)C(=O)C2CCC2)c1. The zero-order valence-corrected chi connectivity index (χ0v) is 23.0. The fraction of sp³-hybridized carbons (Fsp3) is 0.536. The van der Waals surface area contributed by atoms with Gasteiger partial charge in [0.05, 0.1) is 44.1 Å². The summed E-state index contributed by atoms with van der Waals surface area (Å²) in [7, 11) is 3.24. The molecule has 0 N–H and O–H groups in total. The van der Waals surface area contributed by atoms with E-state index in [1.54, 1.807) is 35.5 Å². The molecule has 10 heteroatoms. The normalized spacial score (nSPS) is 20.1. The van der Waals surface area contributed by atoms with Gasteiger partial charge in [0.2, 0.25) is 5.91 Å². The Balaban J connectivity index is 1.39. The molecule has 5 rings (SSSR count). The molecule has 0 spiro atoms. The molecule has 1 aromatic heterocycles. The maximum absolute atomic E-state index is 13.9. The zero-order valence-electron chi connectivity index (χ0n) is 22.1. The first kappa shape index (κ1) is 26.6. The molecule has 0 bridgehead atoms. The van der Waals surface area contributed by atoms with Crippen molar-refractivity contribution in [2.24, 2.45) is 11.0 Å². The lowest BCUT2D eigenvalue weighted by Gasteiger charge is -2.34. The Bertz CT molecular complexity index is 1140. The van der Waals surface area contributed by atoms with Crippen molar-refractivity contribution < 1.29 is 23.8 Å². The lowest BCUT2D eigenvalue weighted by atomic mass is 9.84. The number of rotatable bonds is 10. The zero-order chi connectivity index (χ0) is 26.5. The van der Waals surface area contributed by atoms with E-state index in [0.717, 1.165) is 55.0 Å². The number of methoxy groups -OCH3 is 2. The minimum Gasteiger partial charge on any atom is -0.497 e. The predicted molar refractivity (Wildman–Crippen MR) is 146 cm³/mol. The van der Waals surface area contributed by atoms with E-state index in [0.29, 0.717) is 37.7 Å². The number of carbonyl (C=O) groups is 2. The van der Waals surface area contributed by atoms with Gasteiger partial charge in [-0.05, 0) is 42.5 Å². The van der Waals surface area contributed by atoms with Gasteiger partial charge in [0.1, 0.15) is 18.0 Å². The molecule has 2 fully saturated rings. The monoisotopic (exact) mass is 540 g/mol. The maximum Gasteiger partial charge on any atom is 0.262 e. The van der Waals surface area contributed by atoms with Gasteiger partial charge >= 0.3 is 0 Å². The van der Waals surface area contributed by atoms with Crippen LogP contribution in [-0.2, 0) is 14.3 Å². The fourth-order valence-electron chi connectivity index (χ4n) is 5.18. The summed E-state index contributed by atoms with van der Waals surface area (Å²) in [5, 5.41) is 8.38. The topological polar surface area (TPSA) is 83.9 Å². The van der Waals surface area contributed by atoms with Gasteiger partial charge in [0.25, 0.3) is 5.91 Å². The average Bonchev–Trinajstić information content (AvgIpc) is 3.60. The van der Waals surface area contributed by atoms with Crippen molar-refractivity contribution in [2.75, 3.05) is 60.2 Å². The Hall–Kier alpha value is -2.95. The van der Waals surface area contributed by atoms with Gasteiger partial charge in [-0.3, -0.25) is 14.5 Å². The van der Waals surface area contributed by atoms with Crippen LogP contribution in [0.1, 0.15) is 42.2 Å². The second kappa shape index (κ2) is 12.3. The summed E-state index contributed by atoms with van der Waals surface area (Å²) in [5.74, 6) is 1.26. The number of benzene rings is 1. The summed E-state index contributed by atoms with van der Waals surface area (Å²) in [6.07, 6.45) is 3.42. The molecule has 3 heterocycles. The molecule has 2 aromatic rings. The van der Waals surface area contributed by atoms with E-state index in [1.807, 2.05) is 35.7 Å². The van der Waals surface area contributed by atoms with Crippen LogP contribution in [0.2, 0.25) is 0 Å². The Morgan fingerprint density at radius 3 is 2.63 bits per heavy atom. The van der Waals surface area contributed by atoms with Crippen LogP contribution in [0.4, 0.5) is 0 Å². The van der Waals surface area contributed by atoms with Gasteiger partial charge in [-0.15, -0.1) is 11.3 Å². The van der Waals surface area contributed by atoms with Crippen molar-refractivity contribution in [2.45, 2.75) is 31.7 Å². The highest BCUT2D eigenvalue weighted by Crippen LogP contribution is 2.40. The molecule has 1 saturated heterocycles. The predicted octanol–water partition coefficient (Wildman–Crippen LogP) is 3.40. The largest absolute Gasteiger partial charge is 0.497 e. The van der Waals surface area contributed by atoms with Crippen LogP contribution in [0.5, 0.6) is 11.5 Å². The highest BCUT2D eigenvalue weighted by Gasteiger charge is 2.38. The minimum atomic E-state index is -0.357. The number of nitrogens with zero attached hydrogens (tertiary/aromatic N) is 4. The van der Waals surface area contributed by atoms with Crippen LogP contribution in [0.15, 0.2) is 40.8 Å². The number of amides is 2. The lowest BCUT2D eigenvalue weighted by Crippen LogP contribution is -2.49. The average molecular weight is 541 g/mol. The maximum atomic E-state index is 13.9. The van der Waals surface area contributed by atoms with E-state index < -0.39 is 0 Å². The van der Waals surface area contributed by atoms with E-state index in [4.69, 9.17) is 19.3 Å². The summed E-state index contributed by atoms with van der Waals surface area (Å²) in [6, 6.07) is 9.26. The molecule has 1 aromatic carbocycles. The molecule has 0 radical (unpaired) electrons. The van der Waals surface area contributed by atoms with Gasteiger partial charge in [-0.1, -0.05) is 12.5 Å². The molecular formula is C28H36N4O5S. The molecule has 0 unspecified atom stereocenters. The summed E-state index contributed by atoms with van der Waals surface area (Å²) in [6.45, 7) is 4.34. The first-order valence-electron chi connectivity index (χ1n) is 13.3. The molecule has 1 atom stereocenters. The summed E-state index contributed by atoms with van der Waals surface area (Å²) >= 11 is 1.60. The van der Waals surface area contributed by atoms with Crippen molar-refractivity contribution in [1.82, 2.24) is 14.8 Å². The number of ether oxygens (including phenoxy) is 3. The van der Waals surface area contributed by atoms with Crippen LogP contribution in [0.25, 0.3) is 0 Å². The Labute approximate surface area is 227 Å². The van der Waals surface area contributed by atoms with E-state index >= 15 is 0 Å².